The lowest BCUT2D eigenvalue weighted by Crippen LogP contribution is -2.43. The minimum atomic E-state index is 0.294. The first-order chi connectivity index (χ1) is 12.3. The topological polar surface area (TPSA) is 24.8 Å². The third-order valence-corrected chi connectivity index (χ3v) is 5.01. The highest BCUT2D eigenvalue weighted by molar-refractivity contribution is 5.88. The van der Waals surface area contributed by atoms with Crippen LogP contribution in [0.5, 0.6) is 0 Å². The van der Waals surface area contributed by atoms with E-state index in [9.17, 15) is 0 Å². The normalized spacial score (nSPS) is 17.9. The third kappa shape index (κ3) is 6.51. The molecule has 0 saturated heterocycles. The highest BCUT2D eigenvalue weighted by Gasteiger charge is 2.44. The third-order valence-electron chi connectivity index (χ3n) is 5.01. The number of aliphatic imine (C=N–C) groups is 1. The fourth-order valence-corrected chi connectivity index (χ4v) is 3.91. The van der Waals surface area contributed by atoms with Crippen molar-refractivity contribution >= 4 is 5.90 Å². The van der Waals surface area contributed by atoms with E-state index in [0.29, 0.717) is 17.4 Å². The Kier molecular flexibility index (Phi) is 8.91. The number of nitrogens with zero attached hydrogens (tertiary/aromatic N) is 2. The zero-order valence-corrected chi connectivity index (χ0v) is 17.8. The Balaban J connectivity index is 2.67. The molecular formula is C23H38N2O. The quantitative estimate of drug-likeness (QED) is 0.275. The summed E-state index contributed by atoms with van der Waals surface area (Å²) in [5.41, 5.74) is 3.44. The van der Waals surface area contributed by atoms with Crippen molar-refractivity contribution in [1.82, 2.24) is 4.90 Å². The maximum absolute atomic E-state index is 6.13. The first-order valence-electron chi connectivity index (χ1n) is 9.81. The fourth-order valence-electron chi connectivity index (χ4n) is 3.91. The fraction of sp³-hybridized carbons (Fsp3) is 0.609. The Bertz CT molecular complexity index is 567. The first kappa shape index (κ1) is 22.3. The summed E-state index contributed by atoms with van der Waals surface area (Å²) in [6.45, 7) is 14.8. The smallest absolute Gasteiger partial charge is 0.208 e. The molecule has 3 heteroatoms. The Morgan fingerprint density at radius 2 is 1.73 bits per heavy atom. The van der Waals surface area contributed by atoms with Crippen LogP contribution >= 0.6 is 0 Å². The van der Waals surface area contributed by atoms with Gasteiger partial charge in [-0.05, 0) is 60.8 Å². The molecule has 0 atom stereocenters. The molecule has 0 radical (unpaired) electrons. The largest absolute Gasteiger partial charge is 0.475 e. The zero-order valence-electron chi connectivity index (χ0n) is 17.8. The van der Waals surface area contributed by atoms with Gasteiger partial charge in [-0.25, -0.2) is 0 Å². The average molecular weight is 359 g/mol. The highest BCUT2D eigenvalue weighted by Crippen LogP contribution is 2.49. The standard InChI is InChI=1S/C23H38N2O/c1-9-13-23(14-10-2)15-20(16-23)26-22(24-6)12-11-19(5)21(18(3)4)17-25(7)8/h11-12,17,20H,3,5,9-10,13-16H2,1-2,4,6-8H3/b12-11-,21-17+,24-22+. The van der Waals surface area contributed by atoms with Gasteiger partial charge in [0.2, 0.25) is 5.90 Å². The van der Waals surface area contributed by atoms with Crippen molar-refractivity contribution in [2.75, 3.05) is 21.1 Å². The van der Waals surface area contributed by atoms with E-state index in [0.717, 1.165) is 29.6 Å². The van der Waals surface area contributed by atoms with E-state index in [-0.39, 0.29) is 0 Å². The second kappa shape index (κ2) is 10.4. The Morgan fingerprint density at radius 3 is 2.15 bits per heavy atom. The van der Waals surface area contributed by atoms with Crippen molar-refractivity contribution in [1.29, 1.82) is 0 Å². The lowest BCUT2D eigenvalue weighted by atomic mass is 9.62. The maximum atomic E-state index is 6.13. The second-order valence-corrected chi connectivity index (χ2v) is 7.86. The van der Waals surface area contributed by atoms with Crippen LogP contribution in [0.3, 0.4) is 0 Å². The molecule has 0 aromatic heterocycles. The van der Waals surface area contributed by atoms with E-state index in [1.54, 1.807) is 7.05 Å². The molecule has 0 aliphatic heterocycles. The molecule has 0 spiro atoms. The zero-order chi connectivity index (χ0) is 19.7. The number of ether oxygens (including phenoxy) is 1. The molecule has 146 valence electrons. The minimum absolute atomic E-state index is 0.294. The van der Waals surface area contributed by atoms with Gasteiger partial charge in [0, 0.05) is 33.4 Å². The van der Waals surface area contributed by atoms with Crippen molar-refractivity contribution in [3.05, 3.63) is 48.2 Å². The summed E-state index contributed by atoms with van der Waals surface area (Å²) in [4.78, 5) is 6.30. The van der Waals surface area contributed by atoms with Crippen LogP contribution in [0.25, 0.3) is 0 Å². The highest BCUT2D eigenvalue weighted by atomic mass is 16.5. The van der Waals surface area contributed by atoms with E-state index in [1.165, 1.54) is 25.7 Å². The van der Waals surface area contributed by atoms with Gasteiger partial charge in [-0.1, -0.05) is 39.8 Å². The van der Waals surface area contributed by atoms with Crippen LogP contribution in [0.4, 0.5) is 0 Å². The molecule has 1 saturated carbocycles. The van der Waals surface area contributed by atoms with Crippen LogP contribution in [-0.4, -0.2) is 38.0 Å². The van der Waals surface area contributed by atoms with Gasteiger partial charge in [0.1, 0.15) is 6.10 Å². The van der Waals surface area contributed by atoms with Crippen LogP contribution in [-0.2, 0) is 4.74 Å². The Labute approximate surface area is 161 Å². The maximum Gasteiger partial charge on any atom is 0.208 e. The van der Waals surface area contributed by atoms with Gasteiger partial charge in [0.15, 0.2) is 0 Å². The van der Waals surface area contributed by atoms with Gasteiger partial charge in [-0.3, -0.25) is 4.99 Å². The van der Waals surface area contributed by atoms with Gasteiger partial charge in [-0.2, -0.15) is 0 Å². The summed E-state index contributed by atoms with van der Waals surface area (Å²) in [6, 6.07) is 0. The van der Waals surface area contributed by atoms with Crippen LogP contribution in [0.2, 0.25) is 0 Å². The Morgan fingerprint density at radius 1 is 1.15 bits per heavy atom. The molecule has 3 nitrogen and oxygen atoms in total. The average Bonchev–Trinajstić information content (AvgIpc) is 2.54. The van der Waals surface area contributed by atoms with Gasteiger partial charge in [-0.15, -0.1) is 0 Å². The molecule has 1 fully saturated rings. The van der Waals surface area contributed by atoms with E-state index >= 15 is 0 Å². The summed E-state index contributed by atoms with van der Waals surface area (Å²) >= 11 is 0. The van der Waals surface area contributed by atoms with E-state index in [1.807, 2.05) is 44.3 Å². The molecule has 0 heterocycles. The molecule has 0 aromatic rings. The van der Waals surface area contributed by atoms with Gasteiger partial charge < -0.3 is 9.64 Å². The SMILES string of the molecule is C=C(C)/C(=C\N(C)C)C(=C)/C=C\C(=N/C)OC1CC(CCC)(CCC)C1. The van der Waals surface area contributed by atoms with Crippen LogP contribution < -0.4 is 0 Å². The molecule has 0 aromatic carbocycles. The summed E-state index contributed by atoms with van der Waals surface area (Å²) < 4.78 is 6.13. The van der Waals surface area contributed by atoms with Crippen LogP contribution in [0.1, 0.15) is 59.3 Å². The molecule has 1 aliphatic rings. The number of hydrogen-bond donors (Lipinski definition) is 0. The molecule has 26 heavy (non-hydrogen) atoms. The first-order valence-corrected chi connectivity index (χ1v) is 9.81. The monoisotopic (exact) mass is 358 g/mol. The lowest BCUT2D eigenvalue weighted by Gasteiger charge is -2.47. The predicted molar refractivity (Wildman–Crippen MR) is 115 cm³/mol. The number of allylic oxidation sites excluding steroid dienone is 4. The van der Waals surface area contributed by atoms with Gasteiger partial charge in [0.05, 0.1) is 0 Å². The molecule has 1 aliphatic carbocycles. The van der Waals surface area contributed by atoms with E-state index in [2.05, 4.69) is 32.0 Å². The van der Waals surface area contributed by atoms with E-state index < -0.39 is 0 Å². The molecule has 1 rings (SSSR count). The minimum Gasteiger partial charge on any atom is -0.475 e. The van der Waals surface area contributed by atoms with Crippen LogP contribution in [0.15, 0.2) is 53.2 Å². The number of hydrogen-bond acceptors (Lipinski definition) is 3. The summed E-state index contributed by atoms with van der Waals surface area (Å²) in [6.07, 6.45) is 13.7. The Hall–Kier alpha value is -1.77. The van der Waals surface area contributed by atoms with E-state index in [4.69, 9.17) is 4.74 Å². The van der Waals surface area contributed by atoms with Crippen molar-refractivity contribution < 1.29 is 4.74 Å². The summed E-state index contributed by atoms with van der Waals surface area (Å²) in [7, 11) is 5.77. The van der Waals surface area contributed by atoms with Crippen molar-refractivity contribution in [2.24, 2.45) is 10.4 Å². The predicted octanol–water partition coefficient (Wildman–Crippen LogP) is 5.91. The number of rotatable bonds is 10. The van der Waals surface area contributed by atoms with Crippen molar-refractivity contribution in [3.8, 4) is 0 Å². The van der Waals surface area contributed by atoms with Crippen molar-refractivity contribution in [3.63, 3.8) is 0 Å². The second-order valence-electron chi connectivity index (χ2n) is 7.86. The van der Waals surface area contributed by atoms with Crippen LogP contribution in [0, 0.1) is 5.41 Å². The molecule has 0 N–H and O–H groups in total. The lowest BCUT2D eigenvalue weighted by molar-refractivity contribution is -0.0342. The molecular weight excluding hydrogens is 320 g/mol. The molecule has 0 bridgehead atoms. The summed E-state index contributed by atoms with van der Waals surface area (Å²) in [5.74, 6) is 0.684. The van der Waals surface area contributed by atoms with Gasteiger partial charge in [0.25, 0.3) is 0 Å². The molecule has 0 amide bonds. The van der Waals surface area contributed by atoms with Gasteiger partial charge >= 0.3 is 0 Å². The molecule has 0 unspecified atom stereocenters. The summed E-state index contributed by atoms with van der Waals surface area (Å²) in [5, 5.41) is 0. The van der Waals surface area contributed by atoms with Crippen molar-refractivity contribution in [2.45, 2.75) is 65.4 Å².